The van der Waals surface area contributed by atoms with Crippen LogP contribution in [0.4, 0.5) is 10.1 Å². The number of hydrogen-bond donors (Lipinski definition) is 1. The average molecular weight is 474 g/mol. The fourth-order valence-electron chi connectivity index (χ4n) is 2.77. The maximum Gasteiger partial charge on any atom is 0.255 e. The van der Waals surface area contributed by atoms with E-state index >= 15 is 0 Å². The van der Waals surface area contributed by atoms with Crippen LogP contribution < -0.4 is 19.5 Å². The second-order valence-electron chi connectivity index (χ2n) is 6.30. The number of carbonyl (C=O) groups excluding carboxylic acids is 1. The Kier molecular flexibility index (Phi) is 7.30. The van der Waals surface area contributed by atoms with E-state index in [1.54, 1.807) is 37.4 Å². The number of amides is 1. The minimum atomic E-state index is -0.523. The van der Waals surface area contributed by atoms with Gasteiger partial charge in [0, 0.05) is 21.7 Å². The summed E-state index contributed by atoms with van der Waals surface area (Å²) in [6, 6.07) is 16.7. The number of carbonyl (C=O) groups is 1. The second kappa shape index (κ2) is 10.1. The van der Waals surface area contributed by atoms with Crippen molar-refractivity contribution in [3.05, 3.63) is 82.1 Å². The van der Waals surface area contributed by atoms with Crippen LogP contribution in [0.1, 0.15) is 22.8 Å². The van der Waals surface area contributed by atoms with Gasteiger partial charge in [0.1, 0.15) is 29.7 Å². The molecule has 0 aliphatic heterocycles. The van der Waals surface area contributed by atoms with Crippen LogP contribution in [0.3, 0.4) is 0 Å². The smallest absolute Gasteiger partial charge is 0.255 e. The number of hydrogen-bond acceptors (Lipinski definition) is 4. The number of nitrogens with one attached hydrogen (secondary N) is 1. The van der Waals surface area contributed by atoms with Gasteiger partial charge in [-0.15, -0.1) is 0 Å². The van der Waals surface area contributed by atoms with Crippen LogP contribution in [-0.2, 0) is 6.61 Å². The van der Waals surface area contributed by atoms with E-state index in [-0.39, 0.29) is 12.3 Å². The van der Waals surface area contributed by atoms with Crippen molar-refractivity contribution in [3.8, 4) is 17.2 Å². The van der Waals surface area contributed by atoms with Crippen LogP contribution in [0, 0.1) is 5.82 Å². The number of ether oxygens (including phenoxy) is 3. The van der Waals surface area contributed by atoms with Crippen LogP contribution in [0.5, 0.6) is 17.2 Å². The van der Waals surface area contributed by atoms with E-state index in [4.69, 9.17) is 14.2 Å². The summed E-state index contributed by atoms with van der Waals surface area (Å²) in [6.45, 7) is 2.54. The first kappa shape index (κ1) is 21.6. The number of methoxy groups -OCH3 is 1. The molecule has 5 nitrogen and oxygen atoms in total. The molecule has 0 aliphatic carbocycles. The maximum atomic E-state index is 14.0. The van der Waals surface area contributed by atoms with Gasteiger partial charge in [0.15, 0.2) is 0 Å². The summed E-state index contributed by atoms with van der Waals surface area (Å²) < 4.78 is 31.3. The normalized spacial score (nSPS) is 10.4. The zero-order valence-corrected chi connectivity index (χ0v) is 18.2. The molecule has 0 saturated carbocycles. The molecule has 0 fully saturated rings. The van der Waals surface area contributed by atoms with Crippen molar-refractivity contribution in [1.29, 1.82) is 0 Å². The van der Waals surface area contributed by atoms with Gasteiger partial charge < -0.3 is 19.5 Å². The van der Waals surface area contributed by atoms with Crippen LogP contribution in [0.2, 0.25) is 0 Å². The monoisotopic (exact) mass is 473 g/mol. The fourth-order valence-corrected chi connectivity index (χ4v) is 3.10. The molecule has 0 unspecified atom stereocenters. The highest BCUT2D eigenvalue weighted by molar-refractivity contribution is 9.10. The summed E-state index contributed by atoms with van der Waals surface area (Å²) in [5.41, 5.74) is 1.17. The van der Waals surface area contributed by atoms with E-state index in [1.807, 2.05) is 25.1 Å². The van der Waals surface area contributed by atoms with Gasteiger partial charge in [0.25, 0.3) is 5.91 Å². The fraction of sp³-hybridized carbons (Fsp3) is 0.174. The molecule has 1 amide bonds. The van der Waals surface area contributed by atoms with Crippen molar-refractivity contribution in [2.75, 3.05) is 19.0 Å². The molecule has 0 atom stereocenters. The Morgan fingerprint density at radius 2 is 1.83 bits per heavy atom. The number of rotatable bonds is 8. The van der Waals surface area contributed by atoms with E-state index < -0.39 is 11.7 Å². The molecule has 3 aromatic carbocycles. The molecular formula is C23H21BrFNO4. The van der Waals surface area contributed by atoms with Crippen LogP contribution >= 0.6 is 15.9 Å². The van der Waals surface area contributed by atoms with Gasteiger partial charge in [0.05, 0.1) is 19.4 Å². The molecule has 0 saturated heterocycles. The Morgan fingerprint density at radius 1 is 1.03 bits per heavy atom. The second-order valence-corrected chi connectivity index (χ2v) is 7.22. The average Bonchev–Trinajstić information content (AvgIpc) is 2.75. The lowest BCUT2D eigenvalue weighted by Gasteiger charge is -2.14. The Hall–Kier alpha value is -3.06. The topological polar surface area (TPSA) is 56.8 Å². The van der Waals surface area contributed by atoms with Gasteiger partial charge in [-0.2, -0.15) is 0 Å². The van der Waals surface area contributed by atoms with E-state index in [2.05, 4.69) is 21.2 Å². The lowest BCUT2D eigenvalue weighted by Crippen LogP contribution is -2.14. The minimum Gasteiger partial charge on any atom is -0.497 e. The van der Waals surface area contributed by atoms with Crippen molar-refractivity contribution in [1.82, 2.24) is 0 Å². The van der Waals surface area contributed by atoms with Crippen LogP contribution in [-0.4, -0.2) is 19.6 Å². The SMILES string of the molecule is CCOc1ccc(C(=O)Nc2ccc(Br)cc2F)cc1COc1cccc(OC)c1. The zero-order valence-electron chi connectivity index (χ0n) is 16.6. The van der Waals surface area contributed by atoms with Crippen LogP contribution in [0.25, 0.3) is 0 Å². The molecule has 30 heavy (non-hydrogen) atoms. The van der Waals surface area contributed by atoms with Crippen molar-refractivity contribution >= 4 is 27.5 Å². The van der Waals surface area contributed by atoms with Gasteiger partial charge in [-0.25, -0.2) is 4.39 Å². The molecule has 3 aromatic rings. The zero-order chi connectivity index (χ0) is 21.5. The van der Waals surface area contributed by atoms with E-state index in [9.17, 15) is 9.18 Å². The summed E-state index contributed by atoms with van der Waals surface area (Å²) in [4.78, 5) is 12.6. The highest BCUT2D eigenvalue weighted by Gasteiger charge is 2.14. The van der Waals surface area contributed by atoms with Crippen molar-refractivity contribution in [2.24, 2.45) is 0 Å². The van der Waals surface area contributed by atoms with Gasteiger partial charge in [-0.05, 0) is 55.5 Å². The van der Waals surface area contributed by atoms with E-state index in [0.29, 0.717) is 39.5 Å². The quantitative estimate of drug-likeness (QED) is 0.447. The van der Waals surface area contributed by atoms with Gasteiger partial charge >= 0.3 is 0 Å². The lowest BCUT2D eigenvalue weighted by atomic mass is 10.1. The molecule has 3 rings (SSSR count). The molecule has 0 aliphatic rings. The predicted molar refractivity (Wildman–Crippen MR) is 117 cm³/mol. The Morgan fingerprint density at radius 3 is 2.57 bits per heavy atom. The van der Waals surface area contributed by atoms with E-state index in [1.165, 1.54) is 12.1 Å². The molecule has 156 valence electrons. The van der Waals surface area contributed by atoms with Gasteiger partial charge in [0.2, 0.25) is 0 Å². The number of anilines is 1. The molecule has 0 aromatic heterocycles. The number of benzene rings is 3. The maximum absolute atomic E-state index is 14.0. The summed E-state index contributed by atoms with van der Waals surface area (Å²) in [5, 5.41) is 2.59. The summed E-state index contributed by atoms with van der Waals surface area (Å²) >= 11 is 3.20. The Balaban J connectivity index is 1.79. The summed E-state index contributed by atoms with van der Waals surface area (Å²) in [7, 11) is 1.59. The van der Waals surface area contributed by atoms with E-state index in [0.717, 1.165) is 0 Å². The Bertz CT molecular complexity index is 1040. The van der Waals surface area contributed by atoms with Crippen molar-refractivity contribution in [2.45, 2.75) is 13.5 Å². The predicted octanol–water partition coefficient (Wildman–Crippen LogP) is 5.83. The first-order valence-corrected chi connectivity index (χ1v) is 10.1. The summed E-state index contributed by atoms with van der Waals surface area (Å²) in [5.74, 6) is 0.977. The molecule has 0 bridgehead atoms. The van der Waals surface area contributed by atoms with Crippen LogP contribution in [0.15, 0.2) is 65.1 Å². The van der Waals surface area contributed by atoms with Gasteiger partial charge in [-0.3, -0.25) is 4.79 Å². The lowest BCUT2D eigenvalue weighted by molar-refractivity contribution is 0.102. The third-order valence-corrected chi connectivity index (χ3v) is 4.73. The molecular weight excluding hydrogens is 453 g/mol. The molecule has 0 heterocycles. The standard InChI is InChI=1S/C23H21BrFNO4/c1-3-29-22-10-7-15(23(27)26-21-9-8-17(24)12-20(21)25)11-16(22)14-30-19-6-4-5-18(13-19)28-2/h4-13H,3,14H2,1-2H3,(H,26,27). The molecule has 1 N–H and O–H groups in total. The molecule has 0 spiro atoms. The first-order valence-electron chi connectivity index (χ1n) is 9.29. The first-order chi connectivity index (χ1) is 14.5. The highest BCUT2D eigenvalue weighted by Crippen LogP contribution is 2.26. The minimum absolute atomic E-state index is 0.103. The van der Waals surface area contributed by atoms with Crippen molar-refractivity contribution < 1.29 is 23.4 Å². The summed E-state index contributed by atoms with van der Waals surface area (Å²) in [6.07, 6.45) is 0. The largest absolute Gasteiger partial charge is 0.497 e. The van der Waals surface area contributed by atoms with Crippen molar-refractivity contribution in [3.63, 3.8) is 0 Å². The highest BCUT2D eigenvalue weighted by atomic mass is 79.9. The molecule has 0 radical (unpaired) electrons. The van der Waals surface area contributed by atoms with Gasteiger partial charge in [-0.1, -0.05) is 22.0 Å². The third kappa shape index (κ3) is 5.51. The molecule has 7 heteroatoms. The number of halogens is 2. The Labute approximate surface area is 182 Å². The third-order valence-electron chi connectivity index (χ3n) is 4.24.